The van der Waals surface area contributed by atoms with E-state index >= 15 is 0 Å². The molecule has 0 bridgehead atoms. The molecule has 1 fully saturated rings. The molecule has 3 nitrogen and oxygen atoms in total. The van der Waals surface area contributed by atoms with Gasteiger partial charge < -0.3 is 5.11 Å². The van der Waals surface area contributed by atoms with Gasteiger partial charge in [0.15, 0.2) is 0 Å². The van der Waals surface area contributed by atoms with Crippen molar-refractivity contribution in [3.05, 3.63) is 12.2 Å². The zero-order chi connectivity index (χ0) is 9.42. The van der Waals surface area contributed by atoms with Gasteiger partial charge >= 0.3 is 5.97 Å². The number of carboxylic acid groups (broad SMARTS) is 1. The van der Waals surface area contributed by atoms with Crippen molar-refractivity contribution in [3.63, 3.8) is 0 Å². The molecule has 0 unspecified atom stereocenters. The summed E-state index contributed by atoms with van der Waals surface area (Å²) in [5, 5.41) is 8.91. The lowest BCUT2D eigenvalue weighted by Crippen LogP contribution is -2.29. The van der Waals surface area contributed by atoms with Gasteiger partial charge in [-0.2, -0.15) is 0 Å². The molecule has 70 valence electrons. The predicted octanol–water partition coefficient (Wildman–Crippen LogP) is 1.24. The maximum Gasteiger partial charge on any atom is 0.310 e. The van der Waals surface area contributed by atoms with Crippen molar-refractivity contribution >= 4 is 11.8 Å². The Kier molecular flexibility index (Phi) is 1.94. The van der Waals surface area contributed by atoms with Gasteiger partial charge in [-0.3, -0.25) is 9.59 Å². The number of aliphatic carboxylic acids is 1. The number of carbonyl (C=O) groups is 2. The molecular weight excluding hydrogens is 168 g/mol. The zero-order valence-electron chi connectivity index (χ0n) is 7.27. The van der Waals surface area contributed by atoms with Gasteiger partial charge in [0.2, 0.25) is 0 Å². The van der Waals surface area contributed by atoms with Crippen molar-refractivity contribution in [2.75, 3.05) is 0 Å². The van der Waals surface area contributed by atoms with Gasteiger partial charge in [-0.25, -0.2) is 0 Å². The Morgan fingerprint density at radius 3 is 3.00 bits per heavy atom. The Balaban J connectivity index is 2.24. The van der Waals surface area contributed by atoms with Crippen LogP contribution in [0, 0.1) is 17.8 Å². The van der Waals surface area contributed by atoms with Gasteiger partial charge in [-0.15, -0.1) is 0 Å². The maximum absolute atomic E-state index is 11.3. The standard InChI is InChI=1S/C10H12O3/c11-9-5-4-6-7(9)2-1-3-8(6)10(12)13/h1,3,6-8H,2,4-5H2,(H,12,13)/t6-,7-,8+/m1/s1. The largest absolute Gasteiger partial charge is 0.481 e. The number of allylic oxidation sites excluding steroid dienone is 1. The van der Waals surface area contributed by atoms with E-state index in [1.807, 2.05) is 6.08 Å². The first kappa shape index (κ1) is 8.48. The van der Waals surface area contributed by atoms with Gasteiger partial charge in [0.1, 0.15) is 5.78 Å². The number of hydrogen-bond donors (Lipinski definition) is 1. The van der Waals surface area contributed by atoms with Crippen LogP contribution in [0.1, 0.15) is 19.3 Å². The molecule has 2 rings (SSSR count). The number of carbonyl (C=O) groups excluding carboxylic acids is 1. The molecule has 0 aromatic carbocycles. The number of ketones is 1. The van der Waals surface area contributed by atoms with E-state index < -0.39 is 11.9 Å². The third kappa shape index (κ3) is 1.28. The van der Waals surface area contributed by atoms with Crippen LogP contribution in [0.15, 0.2) is 12.2 Å². The summed E-state index contributed by atoms with van der Waals surface area (Å²) >= 11 is 0. The lowest BCUT2D eigenvalue weighted by atomic mass is 9.78. The van der Waals surface area contributed by atoms with Crippen molar-refractivity contribution in [1.82, 2.24) is 0 Å². The number of carboxylic acids is 1. The highest BCUT2D eigenvalue weighted by Crippen LogP contribution is 2.40. The summed E-state index contributed by atoms with van der Waals surface area (Å²) in [6.45, 7) is 0. The number of rotatable bonds is 1. The van der Waals surface area contributed by atoms with E-state index in [0.717, 1.165) is 12.8 Å². The van der Waals surface area contributed by atoms with Crippen molar-refractivity contribution in [2.45, 2.75) is 19.3 Å². The smallest absolute Gasteiger partial charge is 0.310 e. The normalized spacial score (nSPS) is 37.5. The zero-order valence-corrected chi connectivity index (χ0v) is 7.27. The number of hydrogen-bond acceptors (Lipinski definition) is 2. The molecule has 3 heteroatoms. The summed E-state index contributed by atoms with van der Waals surface area (Å²) in [6.07, 6.45) is 5.64. The fourth-order valence-corrected chi connectivity index (χ4v) is 2.45. The molecule has 0 spiro atoms. The van der Waals surface area contributed by atoms with E-state index in [1.54, 1.807) is 6.08 Å². The monoisotopic (exact) mass is 180 g/mol. The topological polar surface area (TPSA) is 54.4 Å². The van der Waals surface area contributed by atoms with Crippen LogP contribution in [0.2, 0.25) is 0 Å². The third-order valence-corrected chi connectivity index (χ3v) is 3.13. The molecule has 0 heterocycles. The molecule has 0 aliphatic heterocycles. The first-order valence-corrected chi connectivity index (χ1v) is 4.62. The Hall–Kier alpha value is -1.12. The molecule has 13 heavy (non-hydrogen) atoms. The third-order valence-electron chi connectivity index (χ3n) is 3.13. The van der Waals surface area contributed by atoms with Gasteiger partial charge in [0.05, 0.1) is 5.92 Å². The van der Waals surface area contributed by atoms with Gasteiger partial charge in [0, 0.05) is 12.3 Å². The van der Waals surface area contributed by atoms with E-state index in [1.165, 1.54) is 0 Å². The van der Waals surface area contributed by atoms with Gasteiger partial charge in [-0.1, -0.05) is 12.2 Å². The average Bonchev–Trinajstić information content (AvgIpc) is 2.48. The number of Topliss-reactive ketones (excluding diaryl/α,β-unsaturated/α-hetero) is 1. The summed E-state index contributed by atoms with van der Waals surface area (Å²) < 4.78 is 0. The maximum atomic E-state index is 11.3. The van der Waals surface area contributed by atoms with Crippen LogP contribution >= 0.6 is 0 Å². The quantitative estimate of drug-likeness (QED) is 0.618. The first-order valence-electron chi connectivity index (χ1n) is 4.62. The highest BCUT2D eigenvalue weighted by atomic mass is 16.4. The van der Waals surface area contributed by atoms with Crippen molar-refractivity contribution in [2.24, 2.45) is 17.8 Å². The highest BCUT2D eigenvalue weighted by molar-refractivity contribution is 5.85. The van der Waals surface area contributed by atoms with Crippen LogP contribution in [0.25, 0.3) is 0 Å². The fraction of sp³-hybridized carbons (Fsp3) is 0.600. The van der Waals surface area contributed by atoms with Gasteiger partial charge in [0.25, 0.3) is 0 Å². The predicted molar refractivity (Wildman–Crippen MR) is 46.1 cm³/mol. The van der Waals surface area contributed by atoms with Crippen LogP contribution in [0.5, 0.6) is 0 Å². The Morgan fingerprint density at radius 1 is 1.54 bits per heavy atom. The second-order valence-electron chi connectivity index (χ2n) is 3.80. The molecule has 0 radical (unpaired) electrons. The Morgan fingerprint density at radius 2 is 2.31 bits per heavy atom. The summed E-state index contributed by atoms with van der Waals surface area (Å²) in [5.74, 6) is -0.910. The van der Waals surface area contributed by atoms with E-state index in [0.29, 0.717) is 6.42 Å². The lowest BCUT2D eigenvalue weighted by molar-refractivity contribution is -0.142. The highest BCUT2D eigenvalue weighted by Gasteiger charge is 2.42. The summed E-state index contributed by atoms with van der Waals surface area (Å²) in [7, 11) is 0. The van der Waals surface area contributed by atoms with E-state index in [2.05, 4.69) is 0 Å². The SMILES string of the molecule is O=C(O)[C@H]1C=CC[C@H]2C(=O)CC[C@@H]12. The minimum Gasteiger partial charge on any atom is -0.481 e. The molecule has 0 saturated heterocycles. The van der Waals surface area contributed by atoms with Crippen molar-refractivity contribution in [1.29, 1.82) is 0 Å². The van der Waals surface area contributed by atoms with Crippen LogP contribution in [0.4, 0.5) is 0 Å². The van der Waals surface area contributed by atoms with Crippen LogP contribution in [0.3, 0.4) is 0 Å². The van der Waals surface area contributed by atoms with Crippen LogP contribution in [-0.4, -0.2) is 16.9 Å². The molecule has 0 aromatic heterocycles. The fourth-order valence-electron chi connectivity index (χ4n) is 2.45. The van der Waals surface area contributed by atoms with E-state index in [4.69, 9.17) is 5.11 Å². The van der Waals surface area contributed by atoms with Crippen LogP contribution < -0.4 is 0 Å². The molecule has 2 aliphatic rings. The summed E-state index contributed by atoms with van der Waals surface area (Å²) in [5.41, 5.74) is 0. The minimum atomic E-state index is -0.791. The van der Waals surface area contributed by atoms with Gasteiger partial charge in [-0.05, 0) is 18.8 Å². The Bertz CT molecular complexity index is 280. The second-order valence-corrected chi connectivity index (χ2v) is 3.80. The number of fused-ring (bicyclic) bond motifs is 1. The summed E-state index contributed by atoms with van der Waals surface area (Å²) in [6, 6.07) is 0. The van der Waals surface area contributed by atoms with E-state index in [9.17, 15) is 9.59 Å². The second kappa shape index (κ2) is 2.98. The minimum absolute atomic E-state index is 0.00824. The Labute approximate surface area is 76.4 Å². The molecule has 0 aromatic rings. The molecular formula is C10H12O3. The van der Waals surface area contributed by atoms with Crippen molar-refractivity contribution in [3.8, 4) is 0 Å². The molecule has 0 amide bonds. The molecule has 1 saturated carbocycles. The molecule has 2 aliphatic carbocycles. The van der Waals surface area contributed by atoms with Crippen LogP contribution in [-0.2, 0) is 9.59 Å². The molecule has 3 atom stereocenters. The van der Waals surface area contributed by atoms with Crippen molar-refractivity contribution < 1.29 is 14.7 Å². The van der Waals surface area contributed by atoms with E-state index in [-0.39, 0.29) is 17.6 Å². The molecule has 1 N–H and O–H groups in total. The summed E-state index contributed by atoms with van der Waals surface area (Å²) in [4.78, 5) is 22.2. The first-order chi connectivity index (χ1) is 6.20. The lowest BCUT2D eigenvalue weighted by Gasteiger charge is -2.25. The average molecular weight is 180 g/mol.